The average molecular weight is 365 g/mol. The van der Waals surface area contributed by atoms with E-state index in [0.29, 0.717) is 22.6 Å². The Kier molecular flexibility index (Phi) is 4.91. The maximum Gasteiger partial charge on any atom is 0.416 e. The zero-order valence-corrected chi connectivity index (χ0v) is 14.3. The minimum absolute atomic E-state index is 0.0154. The van der Waals surface area contributed by atoms with Gasteiger partial charge in [-0.05, 0) is 31.5 Å². The van der Waals surface area contributed by atoms with Crippen molar-refractivity contribution in [2.45, 2.75) is 12.3 Å². The maximum absolute atomic E-state index is 13.0. The molecule has 4 nitrogen and oxygen atoms in total. The van der Waals surface area contributed by atoms with Gasteiger partial charge in [-0.25, -0.2) is 4.79 Å². The summed E-state index contributed by atoms with van der Waals surface area (Å²) in [5, 5.41) is 0.969. The number of allylic oxidation sites excluding steroid dienone is 2. The molecule has 0 saturated carbocycles. The number of nitrogens with zero attached hydrogens (tertiary/aromatic N) is 1. The van der Waals surface area contributed by atoms with Gasteiger partial charge >= 0.3 is 12.1 Å². The molecule has 1 aromatic rings. The molecule has 1 atom stereocenters. The molecule has 0 amide bonds. The zero-order valence-electron chi connectivity index (χ0n) is 14.3. The molecule has 7 heteroatoms. The van der Waals surface area contributed by atoms with Crippen LogP contribution in [0.2, 0.25) is 0 Å². The molecular weight excluding hydrogens is 347 g/mol. The maximum atomic E-state index is 13.0. The molecule has 2 aliphatic rings. The van der Waals surface area contributed by atoms with Crippen LogP contribution in [0.15, 0.2) is 48.1 Å². The van der Waals surface area contributed by atoms with E-state index >= 15 is 0 Å². The summed E-state index contributed by atoms with van der Waals surface area (Å²) in [5.74, 6) is -0.612. The van der Waals surface area contributed by atoms with Gasteiger partial charge in [-0.15, -0.1) is 0 Å². The minimum atomic E-state index is -4.45. The number of carbonyl (C=O) groups excluding carboxylic acids is 1. The Bertz CT molecular complexity index is 897. The Balaban J connectivity index is 2.06. The van der Waals surface area contributed by atoms with Gasteiger partial charge < -0.3 is 14.4 Å². The first kappa shape index (κ1) is 18.3. The minimum Gasteiger partial charge on any atom is -0.474 e. The van der Waals surface area contributed by atoms with Crippen LogP contribution in [0.5, 0.6) is 0 Å². The lowest BCUT2D eigenvalue weighted by Gasteiger charge is -2.26. The normalized spacial score (nSPS) is 18.8. The van der Waals surface area contributed by atoms with E-state index in [1.54, 1.807) is 24.3 Å². The molecule has 0 radical (unpaired) electrons. The van der Waals surface area contributed by atoms with Crippen LogP contribution in [-0.4, -0.2) is 50.4 Å². The van der Waals surface area contributed by atoms with Crippen molar-refractivity contribution in [3.63, 3.8) is 0 Å². The van der Waals surface area contributed by atoms with Gasteiger partial charge in [0.05, 0.1) is 5.57 Å². The van der Waals surface area contributed by atoms with Crippen LogP contribution in [0.25, 0.3) is 11.3 Å². The number of benzene rings is 1. The number of esters is 1. The summed E-state index contributed by atoms with van der Waals surface area (Å²) in [6.07, 6.45) is -1.86. The number of rotatable bonds is 4. The predicted octanol–water partition coefficient (Wildman–Crippen LogP) is 1.51. The van der Waals surface area contributed by atoms with Crippen molar-refractivity contribution in [3.05, 3.63) is 58.5 Å². The van der Waals surface area contributed by atoms with E-state index < -0.39 is 23.8 Å². The van der Waals surface area contributed by atoms with Gasteiger partial charge in [-0.1, -0.05) is 30.3 Å². The lowest BCUT2D eigenvalue weighted by Crippen LogP contribution is -2.41. The predicted molar refractivity (Wildman–Crippen MR) is 90.2 cm³/mol. The van der Waals surface area contributed by atoms with Gasteiger partial charge in [0.1, 0.15) is 12.7 Å². The molecule has 1 aliphatic carbocycles. The first-order valence-corrected chi connectivity index (χ1v) is 8.06. The molecule has 0 bridgehead atoms. The summed E-state index contributed by atoms with van der Waals surface area (Å²) in [6, 6.07) is 6.73. The van der Waals surface area contributed by atoms with Crippen molar-refractivity contribution in [2.75, 3.05) is 27.2 Å². The molecule has 0 fully saturated rings. The van der Waals surface area contributed by atoms with Crippen LogP contribution >= 0.6 is 0 Å². The van der Waals surface area contributed by atoms with E-state index in [9.17, 15) is 18.0 Å². The Labute approximate surface area is 148 Å². The van der Waals surface area contributed by atoms with Gasteiger partial charge in [-0.2, -0.15) is 13.2 Å². The number of likely N-dealkylation sites (N-methyl/N-ethyl adjacent to an activating group) is 1. The quantitative estimate of drug-likeness (QED) is 0.759. The number of halogens is 3. The van der Waals surface area contributed by atoms with E-state index in [4.69, 9.17) is 9.47 Å². The number of hydrogen-bond donors (Lipinski definition) is 0. The summed E-state index contributed by atoms with van der Waals surface area (Å²) in [6.45, 7) is 0.745. The van der Waals surface area contributed by atoms with Crippen molar-refractivity contribution in [3.8, 4) is 0 Å². The van der Waals surface area contributed by atoms with E-state index in [1.807, 2.05) is 19.0 Å². The van der Waals surface area contributed by atoms with Crippen LogP contribution in [0.3, 0.4) is 0 Å². The number of fused-ring (bicyclic) bond motifs is 2. The monoisotopic (exact) mass is 365 g/mol. The van der Waals surface area contributed by atoms with Crippen LogP contribution in [0.1, 0.15) is 0 Å². The molecule has 1 aliphatic heterocycles. The average Bonchev–Trinajstić information content (AvgIpc) is 2.59. The molecule has 1 unspecified atom stereocenters. The second-order valence-corrected chi connectivity index (χ2v) is 6.26. The highest BCUT2D eigenvalue weighted by atomic mass is 19.4. The third-order valence-electron chi connectivity index (χ3n) is 4.08. The number of alkyl halides is 3. The highest BCUT2D eigenvalue weighted by molar-refractivity contribution is 6.07. The first-order valence-electron chi connectivity index (χ1n) is 8.06. The molecule has 1 aromatic carbocycles. The molecule has 0 saturated heterocycles. The number of ether oxygens (including phenoxy) is 2. The topological polar surface area (TPSA) is 38.8 Å². The summed E-state index contributed by atoms with van der Waals surface area (Å²) in [5.41, 5.74) is -0.376. The summed E-state index contributed by atoms with van der Waals surface area (Å²) in [7, 11) is 3.71. The third-order valence-corrected chi connectivity index (χ3v) is 4.08. The van der Waals surface area contributed by atoms with Gasteiger partial charge in [0, 0.05) is 17.3 Å². The molecule has 26 heavy (non-hydrogen) atoms. The first-order chi connectivity index (χ1) is 12.3. The lowest BCUT2D eigenvalue weighted by molar-refractivity contribution is -0.139. The summed E-state index contributed by atoms with van der Waals surface area (Å²) >= 11 is 0. The smallest absolute Gasteiger partial charge is 0.416 e. The Morgan fingerprint density at radius 2 is 1.92 bits per heavy atom. The molecule has 1 heterocycles. The van der Waals surface area contributed by atoms with Crippen molar-refractivity contribution in [1.82, 2.24) is 4.90 Å². The fourth-order valence-corrected chi connectivity index (χ4v) is 2.77. The summed E-state index contributed by atoms with van der Waals surface area (Å²) in [4.78, 5) is 14.3. The number of carbonyl (C=O) groups is 1. The van der Waals surface area contributed by atoms with E-state index in [0.717, 1.165) is 12.2 Å². The highest BCUT2D eigenvalue weighted by Crippen LogP contribution is 2.33. The van der Waals surface area contributed by atoms with E-state index in [1.165, 1.54) is 6.08 Å². The SMILES string of the molecule is CN(C)CCOC(=O)C1=c2ccccc2=C2C=C(C(F)(F)F)C=CC2O1. The molecular formula is C19H18F3NO3. The Morgan fingerprint density at radius 1 is 1.23 bits per heavy atom. The lowest BCUT2D eigenvalue weighted by atomic mass is 9.94. The Hall–Kier alpha value is -2.54. The van der Waals surface area contributed by atoms with Gasteiger partial charge in [0.15, 0.2) is 0 Å². The largest absolute Gasteiger partial charge is 0.474 e. The molecule has 138 valence electrons. The fourth-order valence-electron chi connectivity index (χ4n) is 2.77. The van der Waals surface area contributed by atoms with Crippen LogP contribution in [0.4, 0.5) is 13.2 Å². The standard InChI is InChI=1S/C19H18F3NO3/c1-23(2)9-10-25-18(24)17-14-6-4-3-5-13(14)15-11-12(19(20,21)22)7-8-16(15)26-17/h3-8,11,16H,9-10H2,1-2H3. The summed E-state index contributed by atoms with van der Waals surface area (Å²) < 4.78 is 50.0. The van der Waals surface area contributed by atoms with Gasteiger partial charge in [0.25, 0.3) is 0 Å². The molecule has 0 spiro atoms. The molecule has 0 N–H and O–H groups in total. The molecule has 0 aromatic heterocycles. The third kappa shape index (κ3) is 3.67. The second-order valence-electron chi connectivity index (χ2n) is 6.26. The van der Waals surface area contributed by atoms with Crippen LogP contribution in [-0.2, 0) is 14.3 Å². The van der Waals surface area contributed by atoms with Gasteiger partial charge in [0.2, 0.25) is 5.76 Å². The van der Waals surface area contributed by atoms with Crippen molar-refractivity contribution >= 4 is 17.3 Å². The van der Waals surface area contributed by atoms with Crippen LogP contribution in [0, 0.1) is 0 Å². The van der Waals surface area contributed by atoms with E-state index in [2.05, 4.69) is 0 Å². The highest BCUT2D eigenvalue weighted by Gasteiger charge is 2.36. The van der Waals surface area contributed by atoms with Crippen molar-refractivity contribution < 1.29 is 27.4 Å². The number of hydrogen-bond acceptors (Lipinski definition) is 4. The van der Waals surface area contributed by atoms with Gasteiger partial charge in [-0.3, -0.25) is 0 Å². The van der Waals surface area contributed by atoms with E-state index in [-0.39, 0.29) is 12.4 Å². The van der Waals surface area contributed by atoms with Crippen molar-refractivity contribution in [1.29, 1.82) is 0 Å². The molecule has 3 rings (SSSR count). The zero-order chi connectivity index (χ0) is 18.9. The van der Waals surface area contributed by atoms with Crippen molar-refractivity contribution in [2.24, 2.45) is 0 Å². The fraction of sp³-hybridized carbons (Fsp3) is 0.316. The Morgan fingerprint density at radius 3 is 2.58 bits per heavy atom. The second kappa shape index (κ2) is 6.99. The van der Waals surface area contributed by atoms with Crippen LogP contribution < -0.4 is 10.4 Å².